The summed E-state index contributed by atoms with van der Waals surface area (Å²) in [5.41, 5.74) is 1.36. The van der Waals surface area contributed by atoms with Crippen molar-refractivity contribution in [3.05, 3.63) is 48.3 Å². The monoisotopic (exact) mass is 256 g/mol. The lowest BCUT2D eigenvalue weighted by atomic mass is 10.3. The SMILES string of the molecule is CC(C)NC(=O)c1cnc(Nc2ccccc2)nc1. The third kappa shape index (κ3) is 3.77. The van der Waals surface area contributed by atoms with Crippen LogP contribution < -0.4 is 10.6 Å². The molecule has 0 aliphatic carbocycles. The van der Waals surface area contributed by atoms with Gasteiger partial charge in [0.1, 0.15) is 0 Å². The van der Waals surface area contributed by atoms with Crippen LogP contribution in [0.1, 0.15) is 24.2 Å². The first-order chi connectivity index (χ1) is 9.15. The highest BCUT2D eigenvalue weighted by atomic mass is 16.1. The summed E-state index contributed by atoms with van der Waals surface area (Å²) in [6, 6.07) is 9.71. The van der Waals surface area contributed by atoms with Crippen LogP contribution in [0.5, 0.6) is 0 Å². The molecule has 0 saturated heterocycles. The van der Waals surface area contributed by atoms with E-state index in [0.29, 0.717) is 11.5 Å². The standard InChI is InChI=1S/C14H16N4O/c1-10(2)17-13(19)11-8-15-14(16-9-11)18-12-6-4-3-5-7-12/h3-10H,1-2H3,(H,17,19)(H,15,16,18). The second-order valence-electron chi connectivity index (χ2n) is 4.41. The van der Waals surface area contributed by atoms with Gasteiger partial charge in [0, 0.05) is 24.1 Å². The van der Waals surface area contributed by atoms with E-state index in [0.717, 1.165) is 5.69 Å². The number of anilines is 2. The summed E-state index contributed by atoms with van der Waals surface area (Å²) >= 11 is 0. The zero-order valence-corrected chi connectivity index (χ0v) is 10.9. The lowest BCUT2D eigenvalue weighted by Crippen LogP contribution is -2.30. The van der Waals surface area contributed by atoms with Gasteiger partial charge in [-0.15, -0.1) is 0 Å². The molecule has 2 N–H and O–H groups in total. The second kappa shape index (κ2) is 5.95. The Morgan fingerprint density at radius 3 is 2.32 bits per heavy atom. The maximum absolute atomic E-state index is 11.7. The number of carbonyl (C=O) groups excluding carboxylic acids is 1. The summed E-state index contributed by atoms with van der Waals surface area (Å²) in [5.74, 6) is 0.300. The Kier molecular flexibility index (Phi) is 4.07. The number of hydrogen-bond acceptors (Lipinski definition) is 4. The van der Waals surface area contributed by atoms with Crippen molar-refractivity contribution < 1.29 is 4.79 Å². The molecule has 1 heterocycles. The van der Waals surface area contributed by atoms with Crippen LogP contribution in [-0.4, -0.2) is 21.9 Å². The van der Waals surface area contributed by atoms with E-state index in [1.165, 1.54) is 12.4 Å². The summed E-state index contributed by atoms with van der Waals surface area (Å²) in [6.07, 6.45) is 3.02. The van der Waals surface area contributed by atoms with Crippen LogP contribution in [0.2, 0.25) is 0 Å². The van der Waals surface area contributed by atoms with Crippen LogP contribution in [-0.2, 0) is 0 Å². The van der Waals surface area contributed by atoms with Gasteiger partial charge >= 0.3 is 0 Å². The maximum atomic E-state index is 11.7. The molecule has 98 valence electrons. The van der Waals surface area contributed by atoms with E-state index in [2.05, 4.69) is 20.6 Å². The first-order valence-electron chi connectivity index (χ1n) is 6.10. The number of amides is 1. The number of para-hydroxylation sites is 1. The van der Waals surface area contributed by atoms with Gasteiger partial charge in [0.15, 0.2) is 0 Å². The van der Waals surface area contributed by atoms with Crippen LogP contribution in [0, 0.1) is 0 Å². The molecular weight excluding hydrogens is 240 g/mol. The summed E-state index contributed by atoms with van der Waals surface area (Å²) in [6.45, 7) is 3.81. The van der Waals surface area contributed by atoms with Gasteiger partial charge in [-0.3, -0.25) is 4.79 Å². The lowest BCUT2D eigenvalue weighted by molar-refractivity contribution is 0.0942. The molecule has 2 aromatic rings. The van der Waals surface area contributed by atoms with Crippen molar-refractivity contribution in [1.29, 1.82) is 0 Å². The number of carbonyl (C=O) groups is 1. The molecule has 0 unspecified atom stereocenters. The third-order valence-electron chi connectivity index (χ3n) is 2.36. The highest BCUT2D eigenvalue weighted by molar-refractivity contribution is 5.93. The lowest BCUT2D eigenvalue weighted by Gasteiger charge is -2.08. The minimum Gasteiger partial charge on any atom is -0.350 e. The van der Waals surface area contributed by atoms with Gasteiger partial charge in [-0.2, -0.15) is 0 Å². The molecule has 0 bridgehead atoms. The van der Waals surface area contributed by atoms with E-state index < -0.39 is 0 Å². The Morgan fingerprint density at radius 2 is 1.74 bits per heavy atom. The van der Waals surface area contributed by atoms with Crippen molar-refractivity contribution in [2.24, 2.45) is 0 Å². The number of rotatable bonds is 4. The van der Waals surface area contributed by atoms with E-state index in [9.17, 15) is 4.79 Å². The minimum atomic E-state index is -0.165. The van der Waals surface area contributed by atoms with Crippen molar-refractivity contribution in [3.63, 3.8) is 0 Å². The topological polar surface area (TPSA) is 66.9 Å². The number of nitrogens with one attached hydrogen (secondary N) is 2. The van der Waals surface area contributed by atoms with Crippen molar-refractivity contribution >= 4 is 17.5 Å². The Balaban J connectivity index is 2.04. The van der Waals surface area contributed by atoms with Crippen LogP contribution in [0.4, 0.5) is 11.6 Å². The first kappa shape index (κ1) is 13.0. The summed E-state index contributed by atoms with van der Waals surface area (Å²) < 4.78 is 0. The summed E-state index contributed by atoms with van der Waals surface area (Å²) in [7, 11) is 0. The Bertz CT molecular complexity index is 537. The molecule has 5 nitrogen and oxygen atoms in total. The van der Waals surface area contributed by atoms with Crippen molar-refractivity contribution in [1.82, 2.24) is 15.3 Å². The first-order valence-corrected chi connectivity index (χ1v) is 6.10. The highest BCUT2D eigenvalue weighted by Gasteiger charge is 2.08. The maximum Gasteiger partial charge on any atom is 0.254 e. The zero-order valence-electron chi connectivity index (χ0n) is 10.9. The minimum absolute atomic E-state index is 0.0922. The van der Waals surface area contributed by atoms with Crippen molar-refractivity contribution in [2.45, 2.75) is 19.9 Å². The molecule has 0 fully saturated rings. The quantitative estimate of drug-likeness (QED) is 0.881. The van der Waals surface area contributed by atoms with E-state index in [1.54, 1.807) is 0 Å². The number of hydrogen-bond donors (Lipinski definition) is 2. The number of nitrogens with zero attached hydrogens (tertiary/aromatic N) is 2. The summed E-state index contributed by atoms with van der Waals surface area (Å²) in [4.78, 5) is 20.0. The van der Waals surface area contributed by atoms with Crippen LogP contribution in [0.3, 0.4) is 0 Å². The molecule has 1 aromatic carbocycles. The fourth-order valence-corrected chi connectivity index (χ4v) is 1.51. The molecule has 1 aromatic heterocycles. The fourth-order valence-electron chi connectivity index (χ4n) is 1.51. The summed E-state index contributed by atoms with van der Waals surface area (Å²) in [5, 5.41) is 5.85. The van der Waals surface area contributed by atoms with E-state index in [-0.39, 0.29) is 11.9 Å². The van der Waals surface area contributed by atoms with Gasteiger partial charge in [0.05, 0.1) is 5.56 Å². The Morgan fingerprint density at radius 1 is 1.11 bits per heavy atom. The Labute approximate surface area is 112 Å². The normalized spacial score (nSPS) is 10.3. The van der Waals surface area contributed by atoms with Crippen molar-refractivity contribution in [2.75, 3.05) is 5.32 Å². The highest BCUT2D eigenvalue weighted by Crippen LogP contribution is 2.11. The molecule has 0 aliphatic rings. The van der Waals surface area contributed by atoms with Crippen LogP contribution in [0.15, 0.2) is 42.7 Å². The van der Waals surface area contributed by atoms with E-state index >= 15 is 0 Å². The molecule has 1 amide bonds. The van der Waals surface area contributed by atoms with E-state index in [1.807, 2.05) is 44.2 Å². The van der Waals surface area contributed by atoms with E-state index in [4.69, 9.17) is 0 Å². The molecule has 0 aliphatic heterocycles. The fraction of sp³-hybridized carbons (Fsp3) is 0.214. The molecule has 0 saturated carbocycles. The third-order valence-corrected chi connectivity index (χ3v) is 2.36. The molecule has 0 atom stereocenters. The van der Waals surface area contributed by atoms with Gasteiger partial charge in [-0.25, -0.2) is 9.97 Å². The van der Waals surface area contributed by atoms with Gasteiger partial charge in [-0.1, -0.05) is 18.2 Å². The smallest absolute Gasteiger partial charge is 0.254 e. The van der Waals surface area contributed by atoms with Crippen molar-refractivity contribution in [3.8, 4) is 0 Å². The molecule has 0 radical (unpaired) electrons. The predicted octanol–water partition coefficient (Wildman–Crippen LogP) is 2.36. The molecule has 0 spiro atoms. The zero-order chi connectivity index (χ0) is 13.7. The molecule has 19 heavy (non-hydrogen) atoms. The van der Waals surface area contributed by atoms with Crippen LogP contribution >= 0.6 is 0 Å². The van der Waals surface area contributed by atoms with Gasteiger partial charge in [0.25, 0.3) is 5.91 Å². The Hall–Kier alpha value is -2.43. The second-order valence-corrected chi connectivity index (χ2v) is 4.41. The predicted molar refractivity (Wildman–Crippen MR) is 74.4 cm³/mol. The number of aromatic nitrogens is 2. The average Bonchev–Trinajstić information content (AvgIpc) is 2.40. The number of benzene rings is 1. The molecular formula is C14H16N4O. The molecule has 5 heteroatoms. The van der Waals surface area contributed by atoms with Gasteiger partial charge < -0.3 is 10.6 Å². The average molecular weight is 256 g/mol. The molecule has 2 rings (SSSR count). The largest absolute Gasteiger partial charge is 0.350 e. The van der Waals surface area contributed by atoms with Gasteiger partial charge in [0.2, 0.25) is 5.95 Å². The van der Waals surface area contributed by atoms with Crippen LogP contribution in [0.25, 0.3) is 0 Å². The van der Waals surface area contributed by atoms with Gasteiger partial charge in [-0.05, 0) is 26.0 Å².